The first kappa shape index (κ1) is 16.8. The van der Waals surface area contributed by atoms with Crippen LogP contribution in [0.5, 0.6) is 5.75 Å². The maximum absolute atomic E-state index is 11.8. The first-order valence-electron chi connectivity index (χ1n) is 7.70. The summed E-state index contributed by atoms with van der Waals surface area (Å²) >= 11 is 0. The Balaban J connectivity index is 1.86. The molecule has 0 saturated heterocycles. The Morgan fingerprint density at radius 3 is 2.83 bits per heavy atom. The van der Waals surface area contributed by atoms with Crippen molar-refractivity contribution in [2.45, 2.75) is 33.1 Å². The molecule has 2 aromatic rings. The van der Waals surface area contributed by atoms with E-state index in [0.29, 0.717) is 11.7 Å². The number of aryl methyl sites for hydroxylation is 1. The van der Waals surface area contributed by atoms with Crippen LogP contribution in [0.2, 0.25) is 0 Å². The van der Waals surface area contributed by atoms with Crippen LogP contribution in [0.3, 0.4) is 0 Å². The van der Waals surface area contributed by atoms with Crippen LogP contribution in [0.15, 0.2) is 45.9 Å². The molecule has 1 aromatic carbocycles. The van der Waals surface area contributed by atoms with Crippen molar-refractivity contribution in [2.75, 3.05) is 6.61 Å². The van der Waals surface area contributed by atoms with E-state index in [4.69, 9.17) is 9.15 Å². The molecule has 2 rings (SSSR count). The molecule has 0 spiro atoms. The molecule has 5 heteroatoms. The second-order valence-corrected chi connectivity index (χ2v) is 5.38. The quantitative estimate of drug-likeness (QED) is 0.627. The van der Waals surface area contributed by atoms with E-state index in [0.717, 1.165) is 23.5 Å². The van der Waals surface area contributed by atoms with E-state index in [1.54, 1.807) is 6.07 Å². The van der Waals surface area contributed by atoms with Gasteiger partial charge in [0.1, 0.15) is 17.3 Å². The van der Waals surface area contributed by atoms with E-state index < -0.39 is 0 Å². The third kappa shape index (κ3) is 4.98. The summed E-state index contributed by atoms with van der Waals surface area (Å²) in [5.41, 5.74) is 3.53. The second-order valence-electron chi connectivity index (χ2n) is 5.38. The predicted octanol–water partition coefficient (Wildman–Crippen LogP) is 3.63. The van der Waals surface area contributed by atoms with Crippen LogP contribution < -0.4 is 10.2 Å². The highest BCUT2D eigenvalue weighted by atomic mass is 16.5. The van der Waals surface area contributed by atoms with Crippen molar-refractivity contribution in [3.63, 3.8) is 0 Å². The van der Waals surface area contributed by atoms with Gasteiger partial charge in [0.15, 0.2) is 6.61 Å². The number of carbonyl (C=O) groups excluding carboxylic acids is 1. The summed E-state index contributed by atoms with van der Waals surface area (Å²) in [5.74, 6) is 2.19. The van der Waals surface area contributed by atoms with E-state index in [1.165, 1.54) is 6.21 Å². The van der Waals surface area contributed by atoms with Gasteiger partial charge in [-0.1, -0.05) is 32.0 Å². The van der Waals surface area contributed by atoms with Gasteiger partial charge in [-0.25, -0.2) is 5.43 Å². The molecular weight excluding hydrogens is 292 g/mol. The average Bonchev–Trinajstić information content (AvgIpc) is 2.98. The molecule has 23 heavy (non-hydrogen) atoms. The lowest BCUT2D eigenvalue weighted by atomic mass is 9.98. The van der Waals surface area contributed by atoms with Gasteiger partial charge in [-0.05, 0) is 43.0 Å². The Hall–Kier alpha value is -2.56. The van der Waals surface area contributed by atoms with Crippen molar-refractivity contribution in [1.29, 1.82) is 0 Å². The maximum Gasteiger partial charge on any atom is 0.277 e. The smallest absolute Gasteiger partial charge is 0.277 e. The number of para-hydroxylation sites is 1. The van der Waals surface area contributed by atoms with E-state index in [-0.39, 0.29) is 12.5 Å². The highest BCUT2D eigenvalue weighted by molar-refractivity contribution is 5.81. The number of hydrogen-bond donors (Lipinski definition) is 1. The summed E-state index contributed by atoms with van der Waals surface area (Å²) in [6, 6.07) is 11.4. The molecule has 0 radical (unpaired) electrons. The van der Waals surface area contributed by atoms with Crippen LogP contribution >= 0.6 is 0 Å². The van der Waals surface area contributed by atoms with Gasteiger partial charge < -0.3 is 9.15 Å². The number of benzene rings is 1. The Morgan fingerprint density at radius 1 is 1.35 bits per heavy atom. The molecule has 5 nitrogen and oxygen atoms in total. The highest BCUT2D eigenvalue weighted by Gasteiger charge is 2.10. The molecule has 1 N–H and O–H groups in total. The summed E-state index contributed by atoms with van der Waals surface area (Å²) in [5, 5.41) is 3.84. The average molecular weight is 314 g/mol. The van der Waals surface area contributed by atoms with E-state index in [2.05, 4.69) is 24.4 Å². The number of nitrogens with one attached hydrogen (secondary N) is 1. The number of nitrogens with zero attached hydrogens (tertiary/aromatic N) is 1. The van der Waals surface area contributed by atoms with Gasteiger partial charge in [0.2, 0.25) is 0 Å². The van der Waals surface area contributed by atoms with E-state index >= 15 is 0 Å². The minimum Gasteiger partial charge on any atom is -0.483 e. The fourth-order valence-corrected chi connectivity index (χ4v) is 2.11. The Kier molecular flexibility index (Phi) is 5.97. The van der Waals surface area contributed by atoms with Crippen molar-refractivity contribution in [2.24, 2.45) is 5.10 Å². The minimum absolute atomic E-state index is 0.0814. The fraction of sp³-hybridized carbons (Fsp3) is 0.333. The lowest BCUT2D eigenvalue weighted by Gasteiger charge is -2.15. The number of ether oxygens (including phenoxy) is 1. The van der Waals surface area contributed by atoms with Crippen molar-refractivity contribution in [1.82, 2.24) is 5.43 Å². The number of hydrogen-bond acceptors (Lipinski definition) is 4. The summed E-state index contributed by atoms with van der Waals surface area (Å²) in [7, 11) is 0. The molecule has 0 aliphatic rings. The van der Waals surface area contributed by atoms with Crippen LogP contribution in [0.25, 0.3) is 0 Å². The van der Waals surface area contributed by atoms with Crippen LogP contribution in [0, 0.1) is 6.92 Å². The van der Waals surface area contributed by atoms with Gasteiger partial charge >= 0.3 is 0 Å². The molecular formula is C18H22N2O3. The Morgan fingerprint density at radius 2 is 2.13 bits per heavy atom. The van der Waals surface area contributed by atoms with Gasteiger partial charge in [-0.2, -0.15) is 5.10 Å². The molecule has 1 heterocycles. The van der Waals surface area contributed by atoms with Gasteiger partial charge in [0, 0.05) is 0 Å². The molecule has 1 aromatic heterocycles. The highest BCUT2D eigenvalue weighted by Crippen LogP contribution is 2.28. The molecule has 0 fully saturated rings. The zero-order chi connectivity index (χ0) is 16.7. The normalized spacial score (nSPS) is 12.3. The predicted molar refractivity (Wildman–Crippen MR) is 89.8 cm³/mol. The van der Waals surface area contributed by atoms with Gasteiger partial charge in [-0.3, -0.25) is 4.79 Å². The first-order chi connectivity index (χ1) is 11.1. The van der Waals surface area contributed by atoms with Crippen molar-refractivity contribution >= 4 is 12.1 Å². The van der Waals surface area contributed by atoms with Crippen molar-refractivity contribution < 1.29 is 13.9 Å². The van der Waals surface area contributed by atoms with Gasteiger partial charge in [-0.15, -0.1) is 0 Å². The molecule has 0 saturated carbocycles. The largest absolute Gasteiger partial charge is 0.483 e. The summed E-state index contributed by atoms with van der Waals surface area (Å²) < 4.78 is 10.9. The van der Waals surface area contributed by atoms with Crippen LogP contribution in [-0.2, 0) is 4.79 Å². The zero-order valence-electron chi connectivity index (χ0n) is 13.7. The first-order valence-corrected chi connectivity index (χ1v) is 7.70. The lowest BCUT2D eigenvalue weighted by Crippen LogP contribution is -2.24. The lowest BCUT2D eigenvalue weighted by molar-refractivity contribution is -0.123. The molecule has 0 bridgehead atoms. The SMILES string of the molecule is CCC(C)c1ccccc1OCC(=O)N/N=C/c1ccc(C)o1. The van der Waals surface area contributed by atoms with E-state index in [1.807, 2.05) is 37.3 Å². The minimum atomic E-state index is -0.316. The fourth-order valence-electron chi connectivity index (χ4n) is 2.11. The molecule has 1 amide bonds. The van der Waals surface area contributed by atoms with Crippen molar-refractivity contribution in [3.8, 4) is 5.75 Å². The molecule has 0 aliphatic heterocycles. The zero-order valence-corrected chi connectivity index (χ0v) is 13.7. The van der Waals surface area contributed by atoms with Gasteiger partial charge in [0.25, 0.3) is 5.91 Å². The number of rotatable bonds is 7. The van der Waals surface area contributed by atoms with Crippen LogP contribution in [0.1, 0.15) is 43.3 Å². The second kappa shape index (κ2) is 8.17. The van der Waals surface area contributed by atoms with E-state index in [9.17, 15) is 4.79 Å². The molecule has 1 unspecified atom stereocenters. The van der Waals surface area contributed by atoms with Crippen LogP contribution in [-0.4, -0.2) is 18.7 Å². The third-order valence-electron chi connectivity index (χ3n) is 3.56. The van der Waals surface area contributed by atoms with Gasteiger partial charge in [0.05, 0.1) is 6.21 Å². The maximum atomic E-state index is 11.8. The third-order valence-corrected chi connectivity index (χ3v) is 3.56. The molecule has 0 aliphatic carbocycles. The number of hydrazone groups is 1. The summed E-state index contributed by atoms with van der Waals surface area (Å²) in [6.07, 6.45) is 2.47. The summed E-state index contributed by atoms with van der Waals surface area (Å²) in [4.78, 5) is 11.8. The number of amides is 1. The number of furan rings is 1. The topological polar surface area (TPSA) is 63.8 Å². The van der Waals surface area contributed by atoms with Crippen LogP contribution in [0.4, 0.5) is 0 Å². The Labute approximate surface area is 136 Å². The van der Waals surface area contributed by atoms with Crippen molar-refractivity contribution in [3.05, 3.63) is 53.5 Å². The standard InChI is InChI=1S/C18H22N2O3/c1-4-13(2)16-7-5-6-8-17(16)22-12-18(21)20-19-11-15-10-9-14(3)23-15/h5-11,13H,4,12H2,1-3H3,(H,20,21)/b19-11+. The molecule has 1 atom stereocenters. The summed E-state index contributed by atoms with van der Waals surface area (Å²) in [6.45, 7) is 6.03. The monoisotopic (exact) mass is 314 g/mol. The molecule has 122 valence electrons. The number of carbonyl (C=O) groups is 1. The Bertz CT molecular complexity index is 676.